The van der Waals surface area contributed by atoms with Crippen molar-refractivity contribution < 1.29 is 23.1 Å². The summed E-state index contributed by atoms with van der Waals surface area (Å²) in [6.45, 7) is 0.769. The van der Waals surface area contributed by atoms with Crippen LogP contribution >= 0.6 is 0 Å². The van der Waals surface area contributed by atoms with E-state index in [9.17, 15) is 18.7 Å². The Labute approximate surface area is 155 Å². The minimum Gasteiger partial charge on any atom is -0.441 e. The van der Waals surface area contributed by atoms with Gasteiger partial charge in [0.2, 0.25) is 11.8 Å². The Balaban J connectivity index is 1.50. The lowest BCUT2D eigenvalue weighted by Crippen LogP contribution is -2.46. The van der Waals surface area contributed by atoms with E-state index in [-0.39, 0.29) is 35.9 Å². The van der Waals surface area contributed by atoms with Gasteiger partial charge >= 0.3 is 0 Å². The Morgan fingerprint density at radius 1 is 1.26 bits per heavy atom. The average molecular weight is 377 g/mol. The summed E-state index contributed by atoms with van der Waals surface area (Å²) in [4.78, 5) is 18.8. The van der Waals surface area contributed by atoms with Crippen LogP contribution < -0.4 is 5.73 Å². The van der Waals surface area contributed by atoms with E-state index >= 15 is 0 Å². The summed E-state index contributed by atoms with van der Waals surface area (Å²) in [7, 11) is 0. The maximum absolute atomic E-state index is 13.4. The topological polar surface area (TPSA) is 92.6 Å². The molecule has 0 bridgehead atoms. The zero-order valence-corrected chi connectivity index (χ0v) is 14.7. The molecule has 0 radical (unpaired) electrons. The van der Waals surface area contributed by atoms with E-state index < -0.39 is 17.7 Å². The molecule has 27 heavy (non-hydrogen) atoms. The number of carbonyl (C=O) groups is 1. The number of nitrogens with zero attached hydrogens (tertiary/aromatic N) is 2. The van der Waals surface area contributed by atoms with Crippen LogP contribution in [0.5, 0.6) is 0 Å². The first-order valence-corrected chi connectivity index (χ1v) is 9.08. The second-order valence-corrected chi connectivity index (χ2v) is 7.30. The Bertz CT molecular complexity index is 850. The van der Waals surface area contributed by atoms with Crippen LogP contribution in [-0.2, 0) is 17.8 Å². The molecule has 8 heteroatoms. The SMILES string of the molecule is N[C@H]1CC[C@H](C(=O)N2CCc3oc(-c4cc(F)cc(F)c4)nc3C2)C[C@@H]1O. The third kappa shape index (κ3) is 3.59. The molecule has 1 aliphatic heterocycles. The molecule has 0 unspecified atom stereocenters. The van der Waals surface area contributed by atoms with Crippen molar-refractivity contribution in [3.8, 4) is 11.5 Å². The number of nitrogens with two attached hydrogens (primary N) is 1. The fourth-order valence-corrected chi connectivity index (χ4v) is 3.84. The maximum atomic E-state index is 13.4. The highest BCUT2D eigenvalue weighted by Crippen LogP contribution is 2.30. The van der Waals surface area contributed by atoms with Gasteiger partial charge in [-0.1, -0.05) is 0 Å². The van der Waals surface area contributed by atoms with Crippen molar-refractivity contribution in [1.29, 1.82) is 0 Å². The van der Waals surface area contributed by atoms with E-state index in [4.69, 9.17) is 10.2 Å². The number of halogens is 2. The first-order valence-electron chi connectivity index (χ1n) is 9.08. The van der Waals surface area contributed by atoms with Crippen molar-refractivity contribution in [3.63, 3.8) is 0 Å². The van der Waals surface area contributed by atoms with E-state index in [0.29, 0.717) is 43.7 Å². The van der Waals surface area contributed by atoms with Crippen molar-refractivity contribution in [2.75, 3.05) is 6.54 Å². The van der Waals surface area contributed by atoms with E-state index in [1.54, 1.807) is 4.90 Å². The third-order valence-electron chi connectivity index (χ3n) is 5.37. The first kappa shape index (κ1) is 18.1. The van der Waals surface area contributed by atoms with Gasteiger partial charge in [0.1, 0.15) is 23.1 Å². The lowest BCUT2D eigenvalue weighted by molar-refractivity contribution is -0.139. The Hall–Kier alpha value is -2.32. The molecule has 144 valence electrons. The number of aliphatic hydroxyl groups is 1. The normalized spacial score (nSPS) is 25.3. The highest BCUT2D eigenvalue weighted by Gasteiger charge is 2.35. The molecular weight excluding hydrogens is 356 g/mol. The molecule has 6 nitrogen and oxygen atoms in total. The van der Waals surface area contributed by atoms with Gasteiger partial charge in [-0.15, -0.1) is 0 Å². The van der Waals surface area contributed by atoms with E-state index in [2.05, 4.69) is 4.98 Å². The zero-order valence-electron chi connectivity index (χ0n) is 14.7. The van der Waals surface area contributed by atoms with Gasteiger partial charge in [0.25, 0.3) is 0 Å². The van der Waals surface area contributed by atoms with Gasteiger partial charge in [0.05, 0.1) is 12.6 Å². The van der Waals surface area contributed by atoms with Gasteiger partial charge in [-0.25, -0.2) is 13.8 Å². The second kappa shape index (κ2) is 7.01. The Kier molecular flexibility index (Phi) is 4.69. The number of hydrogen-bond donors (Lipinski definition) is 2. The lowest BCUT2D eigenvalue weighted by Gasteiger charge is -2.34. The third-order valence-corrected chi connectivity index (χ3v) is 5.37. The summed E-state index contributed by atoms with van der Waals surface area (Å²) in [6, 6.07) is 2.84. The predicted octanol–water partition coefficient (Wildman–Crippen LogP) is 1.99. The van der Waals surface area contributed by atoms with Crippen molar-refractivity contribution in [1.82, 2.24) is 9.88 Å². The van der Waals surface area contributed by atoms with Crippen LogP contribution in [0, 0.1) is 17.6 Å². The average Bonchev–Trinajstić information content (AvgIpc) is 3.06. The summed E-state index contributed by atoms with van der Waals surface area (Å²) < 4.78 is 32.5. The number of carbonyl (C=O) groups excluding carboxylic acids is 1. The van der Waals surface area contributed by atoms with Crippen molar-refractivity contribution in [2.45, 2.75) is 44.4 Å². The van der Waals surface area contributed by atoms with Gasteiger partial charge in [-0.05, 0) is 31.4 Å². The minimum absolute atomic E-state index is 0.0204. The van der Waals surface area contributed by atoms with Crippen LogP contribution in [0.2, 0.25) is 0 Å². The monoisotopic (exact) mass is 377 g/mol. The molecule has 2 aromatic rings. The van der Waals surface area contributed by atoms with Crippen LogP contribution in [0.4, 0.5) is 8.78 Å². The fraction of sp³-hybridized carbons (Fsp3) is 0.474. The minimum atomic E-state index is -0.702. The Morgan fingerprint density at radius 3 is 2.70 bits per heavy atom. The molecule has 1 fully saturated rings. The van der Waals surface area contributed by atoms with Gasteiger partial charge in [0, 0.05) is 36.6 Å². The fourth-order valence-electron chi connectivity index (χ4n) is 3.84. The highest BCUT2D eigenvalue weighted by atomic mass is 19.1. The largest absolute Gasteiger partial charge is 0.441 e. The number of amides is 1. The number of benzene rings is 1. The van der Waals surface area contributed by atoms with Crippen molar-refractivity contribution in [3.05, 3.63) is 41.3 Å². The van der Waals surface area contributed by atoms with Gasteiger partial charge < -0.3 is 20.2 Å². The molecule has 2 heterocycles. The smallest absolute Gasteiger partial charge is 0.226 e. The van der Waals surface area contributed by atoms with Crippen molar-refractivity contribution >= 4 is 5.91 Å². The second-order valence-electron chi connectivity index (χ2n) is 7.30. The van der Waals surface area contributed by atoms with E-state index in [1.807, 2.05) is 0 Å². The van der Waals surface area contributed by atoms with E-state index in [0.717, 1.165) is 18.2 Å². The number of aromatic nitrogens is 1. The number of aliphatic hydroxyl groups excluding tert-OH is 1. The summed E-state index contributed by atoms with van der Waals surface area (Å²) in [5.74, 6) is -0.895. The van der Waals surface area contributed by atoms with Crippen LogP contribution in [-0.4, -0.2) is 39.6 Å². The molecule has 4 rings (SSSR count). The van der Waals surface area contributed by atoms with Crippen molar-refractivity contribution in [2.24, 2.45) is 11.7 Å². The molecule has 1 aromatic heterocycles. The molecule has 1 saturated carbocycles. The molecule has 1 aromatic carbocycles. The number of oxazole rings is 1. The maximum Gasteiger partial charge on any atom is 0.226 e. The molecule has 3 atom stereocenters. The molecule has 3 N–H and O–H groups in total. The number of hydrogen-bond acceptors (Lipinski definition) is 5. The Morgan fingerprint density at radius 2 is 2.00 bits per heavy atom. The molecule has 0 saturated heterocycles. The quantitative estimate of drug-likeness (QED) is 0.835. The summed E-state index contributed by atoms with van der Waals surface area (Å²) in [5.41, 5.74) is 6.64. The summed E-state index contributed by atoms with van der Waals surface area (Å²) >= 11 is 0. The summed E-state index contributed by atoms with van der Waals surface area (Å²) in [6.07, 6.45) is 1.48. The first-order chi connectivity index (χ1) is 12.9. The van der Waals surface area contributed by atoms with Crippen LogP contribution in [0.15, 0.2) is 22.6 Å². The molecule has 0 spiro atoms. The van der Waals surface area contributed by atoms with Crippen LogP contribution in [0.25, 0.3) is 11.5 Å². The number of rotatable bonds is 2. The number of fused-ring (bicyclic) bond motifs is 1. The van der Waals surface area contributed by atoms with Crippen LogP contribution in [0.3, 0.4) is 0 Å². The molecule has 2 aliphatic rings. The van der Waals surface area contributed by atoms with Gasteiger partial charge in [0.15, 0.2) is 0 Å². The predicted molar refractivity (Wildman–Crippen MR) is 92.3 cm³/mol. The highest BCUT2D eigenvalue weighted by molar-refractivity contribution is 5.79. The molecule has 1 aliphatic carbocycles. The van der Waals surface area contributed by atoms with E-state index in [1.165, 1.54) is 0 Å². The van der Waals surface area contributed by atoms with Crippen LogP contribution in [0.1, 0.15) is 30.7 Å². The molecular formula is C19H21F2N3O3. The standard InChI is InChI=1S/C19H21F2N3O3/c20-12-5-11(6-13(21)8-12)18-23-15-9-24(4-3-17(15)27-18)19(26)10-1-2-14(22)16(25)7-10/h5-6,8,10,14,16,25H,1-4,7,9,22H2/t10-,14-,16-/m0/s1. The van der Waals surface area contributed by atoms with Gasteiger partial charge in [-0.3, -0.25) is 4.79 Å². The summed E-state index contributed by atoms with van der Waals surface area (Å²) in [5, 5.41) is 9.94. The lowest BCUT2D eigenvalue weighted by atomic mass is 9.83. The molecule has 1 amide bonds. The zero-order chi connectivity index (χ0) is 19.1. The van der Waals surface area contributed by atoms with Gasteiger partial charge in [-0.2, -0.15) is 0 Å².